The van der Waals surface area contributed by atoms with Crippen molar-refractivity contribution < 1.29 is 4.74 Å². The third-order valence-corrected chi connectivity index (χ3v) is 4.76. The highest BCUT2D eigenvalue weighted by Gasteiger charge is 2.33. The fourth-order valence-electron chi connectivity index (χ4n) is 3.59. The topological polar surface area (TPSA) is 82.8 Å². The Morgan fingerprint density at radius 2 is 1.79 bits per heavy atom. The van der Waals surface area contributed by atoms with Crippen LogP contribution in [-0.2, 0) is 0 Å². The molecule has 0 fully saturated rings. The summed E-state index contributed by atoms with van der Waals surface area (Å²) in [6.07, 6.45) is 6.16. The zero-order valence-corrected chi connectivity index (χ0v) is 13.7. The van der Waals surface area contributed by atoms with Crippen LogP contribution in [-0.4, -0.2) is 7.11 Å². The second-order valence-electron chi connectivity index (χ2n) is 6.03. The maximum atomic E-state index is 9.69. The number of nitriles is 2. The first-order chi connectivity index (χ1) is 11.7. The molecule has 3 rings (SSSR count). The summed E-state index contributed by atoms with van der Waals surface area (Å²) in [7, 11) is 1.63. The van der Waals surface area contributed by atoms with Crippen LogP contribution < -0.4 is 10.5 Å². The first-order valence-electron chi connectivity index (χ1n) is 8.10. The molecule has 0 saturated carbocycles. The Kier molecular flexibility index (Phi) is 4.40. The predicted molar refractivity (Wildman–Crippen MR) is 92.4 cm³/mol. The zero-order chi connectivity index (χ0) is 17.1. The van der Waals surface area contributed by atoms with Crippen LogP contribution in [0, 0.1) is 28.6 Å². The van der Waals surface area contributed by atoms with E-state index in [4.69, 9.17) is 10.5 Å². The van der Waals surface area contributed by atoms with E-state index in [1.54, 1.807) is 7.11 Å². The summed E-state index contributed by atoms with van der Waals surface area (Å²) < 4.78 is 5.22. The molecule has 0 unspecified atom stereocenters. The molecule has 0 bridgehead atoms. The minimum Gasteiger partial charge on any atom is -0.497 e. The molecule has 24 heavy (non-hydrogen) atoms. The van der Waals surface area contributed by atoms with Crippen molar-refractivity contribution in [3.63, 3.8) is 0 Å². The number of hydrogen-bond acceptors (Lipinski definition) is 4. The van der Waals surface area contributed by atoms with Crippen molar-refractivity contribution in [2.45, 2.75) is 25.7 Å². The molecule has 0 heterocycles. The third kappa shape index (κ3) is 2.57. The highest BCUT2D eigenvalue weighted by atomic mass is 16.5. The average Bonchev–Trinajstić information content (AvgIpc) is 2.86. The molecule has 0 aromatic heterocycles. The van der Waals surface area contributed by atoms with Gasteiger partial charge in [0.05, 0.1) is 24.0 Å². The predicted octanol–water partition coefficient (Wildman–Crippen LogP) is 3.84. The van der Waals surface area contributed by atoms with Gasteiger partial charge >= 0.3 is 0 Å². The van der Waals surface area contributed by atoms with E-state index in [1.165, 1.54) is 0 Å². The van der Waals surface area contributed by atoms with E-state index in [2.05, 4.69) is 18.2 Å². The monoisotopic (exact) mass is 317 g/mol. The number of benzene rings is 1. The largest absolute Gasteiger partial charge is 0.497 e. The quantitative estimate of drug-likeness (QED) is 0.898. The fraction of sp³-hybridized carbons (Fsp3) is 0.300. The van der Waals surface area contributed by atoms with E-state index in [1.807, 2.05) is 24.3 Å². The average molecular weight is 317 g/mol. The second kappa shape index (κ2) is 6.64. The van der Waals surface area contributed by atoms with Crippen LogP contribution in [0.1, 0.15) is 31.2 Å². The van der Waals surface area contributed by atoms with E-state index >= 15 is 0 Å². The van der Waals surface area contributed by atoms with Crippen LogP contribution in [0.3, 0.4) is 0 Å². The SMILES string of the molecule is COc1ccc(C2=C(C#N)C(N)=C(C#N)C3=CCCCC[C@H]32)cc1. The van der Waals surface area contributed by atoms with Crippen LogP contribution in [0.2, 0.25) is 0 Å². The first-order valence-corrected chi connectivity index (χ1v) is 8.10. The summed E-state index contributed by atoms with van der Waals surface area (Å²) >= 11 is 0. The molecule has 0 saturated heterocycles. The van der Waals surface area contributed by atoms with Crippen molar-refractivity contribution in [3.8, 4) is 17.9 Å². The number of hydrogen-bond donors (Lipinski definition) is 1. The van der Waals surface area contributed by atoms with Crippen molar-refractivity contribution in [1.82, 2.24) is 0 Å². The van der Waals surface area contributed by atoms with Gasteiger partial charge < -0.3 is 10.5 Å². The van der Waals surface area contributed by atoms with Crippen LogP contribution >= 0.6 is 0 Å². The van der Waals surface area contributed by atoms with E-state index in [0.29, 0.717) is 16.8 Å². The summed E-state index contributed by atoms with van der Waals surface area (Å²) in [6, 6.07) is 12.1. The number of ether oxygens (including phenoxy) is 1. The fourth-order valence-corrected chi connectivity index (χ4v) is 3.59. The lowest BCUT2D eigenvalue weighted by molar-refractivity contribution is 0.415. The molecule has 2 aliphatic rings. The maximum Gasteiger partial charge on any atom is 0.118 e. The van der Waals surface area contributed by atoms with Gasteiger partial charge in [-0.3, -0.25) is 0 Å². The molecule has 0 spiro atoms. The van der Waals surface area contributed by atoms with Gasteiger partial charge in [0.2, 0.25) is 0 Å². The van der Waals surface area contributed by atoms with Gasteiger partial charge in [0.25, 0.3) is 0 Å². The molecule has 1 aromatic carbocycles. The Hall–Kier alpha value is -2.98. The zero-order valence-electron chi connectivity index (χ0n) is 13.7. The van der Waals surface area contributed by atoms with Crippen molar-refractivity contribution in [2.24, 2.45) is 11.7 Å². The Balaban J connectivity index is 2.24. The van der Waals surface area contributed by atoms with E-state index in [0.717, 1.165) is 48.1 Å². The van der Waals surface area contributed by atoms with Crippen LogP contribution in [0.25, 0.3) is 5.57 Å². The molecular formula is C20H19N3O. The van der Waals surface area contributed by atoms with Crippen molar-refractivity contribution in [3.05, 3.63) is 58.3 Å². The summed E-state index contributed by atoms with van der Waals surface area (Å²) in [4.78, 5) is 0. The Morgan fingerprint density at radius 3 is 2.42 bits per heavy atom. The molecule has 0 aliphatic heterocycles. The highest BCUT2D eigenvalue weighted by molar-refractivity contribution is 5.84. The Bertz CT molecular complexity index is 829. The lowest BCUT2D eigenvalue weighted by atomic mass is 9.74. The van der Waals surface area contributed by atoms with Gasteiger partial charge in [0.15, 0.2) is 0 Å². The minimum atomic E-state index is 0.0532. The number of allylic oxidation sites excluding steroid dienone is 5. The molecule has 4 nitrogen and oxygen atoms in total. The summed E-state index contributed by atoms with van der Waals surface area (Å²) in [6.45, 7) is 0. The molecular weight excluding hydrogens is 298 g/mol. The molecule has 2 aliphatic carbocycles. The lowest BCUT2D eigenvalue weighted by Crippen LogP contribution is -2.20. The summed E-state index contributed by atoms with van der Waals surface area (Å²) in [5.41, 5.74) is 10.3. The van der Waals surface area contributed by atoms with Crippen molar-refractivity contribution in [2.75, 3.05) is 7.11 Å². The molecule has 2 N–H and O–H groups in total. The number of fused-ring (bicyclic) bond motifs is 1. The molecule has 0 radical (unpaired) electrons. The highest BCUT2D eigenvalue weighted by Crippen LogP contribution is 2.45. The first kappa shape index (κ1) is 15.9. The van der Waals surface area contributed by atoms with Gasteiger partial charge in [-0.1, -0.05) is 24.6 Å². The van der Waals surface area contributed by atoms with Crippen LogP contribution in [0.5, 0.6) is 5.75 Å². The summed E-state index contributed by atoms with van der Waals surface area (Å²) in [5, 5.41) is 19.2. The molecule has 4 heteroatoms. The van der Waals surface area contributed by atoms with Gasteiger partial charge in [0, 0.05) is 5.92 Å². The van der Waals surface area contributed by atoms with Gasteiger partial charge in [-0.2, -0.15) is 10.5 Å². The maximum absolute atomic E-state index is 9.69. The van der Waals surface area contributed by atoms with E-state index in [9.17, 15) is 10.5 Å². The smallest absolute Gasteiger partial charge is 0.118 e. The molecule has 1 atom stereocenters. The van der Waals surface area contributed by atoms with Gasteiger partial charge in [-0.05, 0) is 48.1 Å². The van der Waals surface area contributed by atoms with Crippen molar-refractivity contribution >= 4 is 5.57 Å². The minimum absolute atomic E-state index is 0.0532. The van der Waals surface area contributed by atoms with E-state index in [-0.39, 0.29) is 5.92 Å². The van der Waals surface area contributed by atoms with E-state index < -0.39 is 0 Å². The third-order valence-electron chi connectivity index (χ3n) is 4.76. The lowest BCUT2D eigenvalue weighted by Gasteiger charge is -2.29. The molecule has 0 amide bonds. The van der Waals surface area contributed by atoms with Gasteiger partial charge in [-0.25, -0.2) is 0 Å². The van der Waals surface area contributed by atoms with Crippen molar-refractivity contribution in [1.29, 1.82) is 10.5 Å². The number of nitrogens with zero attached hydrogens (tertiary/aromatic N) is 2. The number of rotatable bonds is 2. The van der Waals surface area contributed by atoms with Gasteiger partial charge in [0.1, 0.15) is 17.9 Å². The molecule has 120 valence electrons. The number of methoxy groups -OCH3 is 1. The Labute approximate surface area is 142 Å². The Morgan fingerprint density at radius 1 is 1.08 bits per heavy atom. The van der Waals surface area contributed by atoms with Gasteiger partial charge in [-0.15, -0.1) is 0 Å². The molecule has 1 aromatic rings. The normalized spacial score (nSPS) is 20.5. The van der Waals surface area contributed by atoms with Crippen LogP contribution in [0.4, 0.5) is 0 Å². The standard InChI is InChI=1S/C20H19N3O/c1-24-14-9-7-13(8-10-14)19-16-6-4-2-3-5-15(16)17(11-21)20(23)18(19)12-22/h5,7-10,16H,2-4,6,23H2,1H3/t16-/m1/s1. The van der Waals surface area contributed by atoms with Crippen LogP contribution in [0.15, 0.2) is 52.8 Å². The summed E-state index contributed by atoms with van der Waals surface area (Å²) in [5.74, 6) is 0.823. The second-order valence-corrected chi connectivity index (χ2v) is 6.03. The number of nitrogens with two attached hydrogens (primary N) is 1.